The smallest absolute Gasteiger partial charge is 0.261 e. The highest BCUT2D eigenvalue weighted by atomic mass is 16.5. The Balaban J connectivity index is 1.44. The van der Waals surface area contributed by atoms with Crippen LogP contribution in [-0.4, -0.2) is 16.2 Å². The van der Waals surface area contributed by atoms with Crippen LogP contribution in [0.2, 0.25) is 0 Å². The molecule has 0 amide bonds. The summed E-state index contributed by atoms with van der Waals surface area (Å²) >= 11 is 0. The number of anilines is 1. The van der Waals surface area contributed by atoms with Crippen LogP contribution in [0, 0.1) is 0 Å². The van der Waals surface area contributed by atoms with E-state index in [1.807, 2.05) is 6.07 Å². The second kappa shape index (κ2) is 5.71. The standard InChI is InChI=1S/C20H22N4O2/c1-13-11-14-5-2-3-6-16(14)24(13)12-17-15(7-10-25-17)18-22-19(23-26-18)20(21)8-4-9-20/h2-3,5-7,10,13H,4,8-9,11-12,21H2,1H3. The summed E-state index contributed by atoms with van der Waals surface area (Å²) in [6, 6.07) is 10.8. The second-order valence-electron chi connectivity index (χ2n) is 7.50. The van der Waals surface area contributed by atoms with E-state index in [9.17, 15) is 0 Å². The molecule has 1 aliphatic carbocycles. The molecule has 2 N–H and O–H groups in total. The summed E-state index contributed by atoms with van der Waals surface area (Å²) in [5.41, 5.74) is 9.39. The zero-order valence-corrected chi connectivity index (χ0v) is 14.8. The summed E-state index contributed by atoms with van der Waals surface area (Å²) in [7, 11) is 0. The van der Waals surface area contributed by atoms with Crippen LogP contribution in [0.1, 0.15) is 43.3 Å². The van der Waals surface area contributed by atoms with Crippen molar-refractivity contribution in [1.29, 1.82) is 0 Å². The molecule has 2 aliphatic rings. The lowest BCUT2D eigenvalue weighted by Crippen LogP contribution is -2.44. The molecule has 1 unspecified atom stereocenters. The Morgan fingerprint density at radius 3 is 2.92 bits per heavy atom. The molecule has 0 saturated heterocycles. The number of aromatic nitrogens is 2. The van der Waals surface area contributed by atoms with E-state index in [1.165, 1.54) is 11.3 Å². The number of hydrogen-bond acceptors (Lipinski definition) is 6. The lowest BCUT2D eigenvalue weighted by Gasteiger charge is -2.34. The zero-order valence-electron chi connectivity index (χ0n) is 14.8. The third-order valence-corrected chi connectivity index (χ3v) is 5.76. The van der Waals surface area contributed by atoms with Crippen molar-refractivity contribution in [1.82, 2.24) is 10.1 Å². The van der Waals surface area contributed by atoms with E-state index in [1.54, 1.807) is 6.26 Å². The minimum Gasteiger partial charge on any atom is -0.467 e. The molecule has 1 aliphatic heterocycles. The number of benzene rings is 1. The fraction of sp³-hybridized carbons (Fsp3) is 0.400. The van der Waals surface area contributed by atoms with Crippen LogP contribution in [-0.2, 0) is 18.5 Å². The highest BCUT2D eigenvalue weighted by molar-refractivity contribution is 5.62. The third-order valence-electron chi connectivity index (χ3n) is 5.76. The van der Waals surface area contributed by atoms with Crippen LogP contribution in [0.5, 0.6) is 0 Å². The molecule has 1 saturated carbocycles. The average molecular weight is 350 g/mol. The average Bonchev–Trinajstić information content (AvgIpc) is 3.32. The van der Waals surface area contributed by atoms with Crippen molar-refractivity contribution < 1.29 is 8.94 Å². The van der Waals surface area contributed by atoms with Gasteiger partial charge in [-0.05, 0) is 50.3 Å². The lowest BCUT2D eigenvalue weighted by atomic mass is 9.77. The minimum absolute atomic E-state index is 0.422. The molecule has 1 aromatic carbocycles. The molecule has 3 aromatic rings. The molecule has 0 bridgehead atoms. The van der Waals surface area contributed by atoms with Gasteiger partial charge in [0.1, 0.15) is 5.76 Å². The van der Waals surface area contributed by atoms with Gasteiger partial charge in [-0.3, -0.25) is 0 Å². The number of rotatable bonds is 4. The Kier molecular flexibility index (Phi) is 3.43. The highest BCUT2D eigenvalue weighted by Crippen LogP contribution is 2.39. The van der Waals surface area contributed by atoms with Gasteiger partial charge in [0.05, 0.1) is 23.9 Å². The fourth-order valence-corrected chi connectivity index (χ4v) is 4.00. The van der Waals surface area contributed by atoms with Crippen molar-refractivity contribution in [2.75, 3.05) is 4.90 Å². The Morgan fingerprint density at radius 1 is 1.27 bits per heavy atom. The summed E-state index contributed by atoms with van der Waals surface area (Å²) in [6.45, 7) is 2.91. The third kappa shape index (κ3) is 2.36. The van der Waals surface area contributed by atoms with E-state index in [0.717, 1.165) is 37.0 Å². The molecule has 1 atom stereocenters. The summed E-state index contributed by atoms with van der Waals surface area (Å²) in [5.74, 6) is 1.93. The largest absolute Gasteiger partial charge is 0.467 e. The molecule has 2 aromatic heterocycles. The van der Waals surface area contributed by atoms with Gasteiger partial charge in [-0.1, -0.05) is 23.4 Å². The molecule has 6 nitrogen and oxygen atoms in total. The van der Waals surface area contributed by atoms with Gasteiger partial charge in [-0.15, -0.1) is 0 Å². The summed E-state index contributed by atoms with van der Waals surface area (Å²) in [4.78, 5) is 6.93. The topological polar surface area (TPSA) is 81.3 Å². The van der Waals surface area contributed by atoms with E-state index in [0.29, 0.717) is 24.3 Å². The van der Waals surface area contributed by atoms with Gasteiger partial charge < -0.3 is 19.6 Å². The maximum absolute atomic E-state index is 6.32. The normalized spacial score (nSPS) is 20.8. The van der Waals surface area contributed by atoms with Crippen LogP contribution in [0.3, 0.4) is 0 Å². The Bertz CT molecular complexity index is 941. The van der Waals surface area contributed by atoms with E-state index in [-0.39, 0.29) is 0 Å². The Labute approximate surface area is 152 Å². The fourth-order valence-electron chi connectivity index (χ4n) is 4.00. The van der Waals surface area contributed by atoms with E-state index < -0.39 is 5.54 Å². The van der Waals surface area contributed by atoms with Crippen LogP contribution < -0.4 is 10.6 Å². The number of nitrogens with two attached hydrogens (primary N) is 1. The Hall–Kier alpha value is -2.60. The minimum atomic E-state index is -0.423. The molecular formula is C20H22N4O2. The molecule has 5 rings (SSSR count). The van der Waals surface area contributed by atoms with Gasteiger partial charge in [0.15, 0.2) is 5.82 Å². The SMILES string of the molecule is CC1Cc2ccccc2N1Cc1occc1-c1nc(C2(N)CCC2)no1. The van der Waals surface area contributed by atoms with Gasteiger partial charge in [-0.2, -0.15) is 4.98 Å². The first-order chi connectivity index (χ1) is 12.6. The molecule has 134 valence electrons. The number of furan rings is 1. The number of hydrogen-bond donors (Lipinski definition) is 1. The van der Waals surface area contributed by atoms with Crippen molar-refractivity contribution in [2.45, 2.75) is 50.7 Å². The second-order valence-corrected chi connectivity index (χ2v) is 7.50. The van der Waals surface area contributed by atoms with Crippen molar-refractivity contribution >= 4 is 5.69 Å². The highest BCUT2D eigenvalue weighted by Gasteiger charge is 2.39. The van der Waals surface area contributed by atoms with Crippen molar-refractivity contribution in [3.8, 4) is 11.5 Å². The van der Waals surface area contributed by atoms with E-state index in [2.05, 4.69) is 46.2 Å². The summed E-state index contributed by atoms with van der Waals surface area (Å²) in [5, 5.41) is 4.12. The monoisotopic (exact) mass is 350 g/mol. The van der Waals surface area contributed by atoms with Crippen molar-refractivity contribution in [3.63, 3.8) is 0 Å². The van der Waals surface area contributed by atoms with Gasteiger partial charge in [-0.25, -0.2) is 0 Å². The Morgan fingerprint density at radius 2 is 2.12 bits per heavy atom. The first-order valence-corrected chi connectivity index (χ1v) is 9.18. The van der Waals surface area contributed by atoms with Gasteiger partial charge in [0.25, 0.3) is 5.89 Å². The molecule has 1 fully saturated rings. The van der Waals surface area contributed by atoms with Crippen LogP contribution in [0.25, 0.3) is 11.5 Å². The van der Waals surface area contributed by atoms with E-state index in [4.69, 9.17) is 14.7 Å². The van der Waals surface area contributed by atoms with Crippen LogP contribution in [0.15, 0.2) is 45.5 Å². The van der Waals surface area contributed by atoms with Gasteiger partial charge in [0, 0.05) is 11.7 Å². The zero-order chi connectivity index (χ0) is 17.7. The number of nitrogens with zero attached hydrogens (tertiary/aromatic N) is 3. The maximum Gasteiger partial charge on any atom is 0.261 e. The van der Waals surface area contributed by atoms with E-state index >= 15 is 0 Å². The summed E-state index contributed by atoms with van der Waals surface area (Å²) < 4.78 is 11.3. The predicted octanol–water partition coefficient (Wildman–Crippen LogP) is 3.62. The number of fused-ring (bicyclic) bond motifs is 1. The molecular weight excluding hydrogens is 328 g/mol. The number of para-hydroxylation sites is 1. The first-order valence-electron chi connectivity index (χ1n) is 9.18. The first kappa shape index (κ1) is 15.6. The predicted molar refractivity (Wildman–Crippen MR) is 97.5 cm³/mol. The molecule has 0 spiro atoms. The van der Waals surface area contributed by atoms with Crippen LogP contribution in [0.4, 0.5) is 5.69 Å². The van der Waals surface area contributed by atoms with Crippen molar-refractivity contribution in [3.05, 3.63) is 53.7 Å². The summed E-state index contributed by atoms with van der Waals surface area (Å²) in [6.07, 6.45) is 5.66. The van der Waals surface area contributed by atoms with Crippen molar-refractivity contribution in [2.24, 2.45) is 5.73 Å². The lowest BCUT2D eigenvalue weighted by molar-refractivity contribution is 0.229. The molecule has 26 heavy (non-hydrogen) atoms. The van der Waals surface area contributed by atoms with Gasteiger partial charge >= 0.3 is 0 Å². The molecule has 3 heterocycles. The molecule has 0 radical (unpaired) electrons. The van der Waals surface area contributed by atoms with Crippen LogP contribution >= 0.6 is 0 Å². The quantitative estimate of drug-likeness (QED) is 0.774. The van der Waals surface area contributed by atoms with Gasteiger partial charge in [0.2, 0.25) is 0 Å². The molecule has 6 heteroatoms. The maximum atomic E-state index is 6.32.